The molecule has 0 aliphatic rings. The predicted molar refractivity (Wildman–Crippen MR) is 82.5 cm³/mol. The second-order valence-electron chi connectivity index (χ2n) is 4.48. The zero-order valence-electron chi connectivity index (χ0n) is 13.5. The van der Waals surface area contributed by atoms with Crippen LogP contribution in [0, 0.1) is 0 Å². The van der Waals surface area contributed by atoms with Crippen molar-refractivity contribution in [1.29, 1.82) is 0 Å². The normalized spacial score (nSPS) is 10.4. The third-order valence-electron chi connectivity index (χ3n) is 3.10. The van der Waals surface area contributed by atoms with Gasteiger partial charge in [-0.3, -0.25) is 0 Å². The van der Waals surface area contributed by atoms with Gasteiger partial charge in [0.05, 0.1) is 20.8 Å². The molecule has 7 heteroatoms. The maximum absolute atomic E-state index is 11.6. The van der Waals surface area contributed by atoms with Crippen LogP contribution in [0.15, 0.2) is 18.2 Å². The van der Waals surface area contributed by atoms with E-state index in [0.29, 0.717) is 24.5 Å². The number of hydrogen-bond acceptors (Lipinski definition) is 5. The average molecular weight is 312 g/mol. The molecule has 0 radical (unpaired) electrons. The first-order chi connectivity index (χ1) is 10.6. The molecule has 124 valence electrons. The standard InChI is InChI=1S/C15H24N2O5/c1-19-12-6-5-11(9-13(12)20-2)7-8-16-15(18)17-10-14(21-3)22-4/h5-6,9,14H,7-8,10H2,1-4H3,(H2,16,17,18). The van der Waals surface area contributed by atoms with E-state index in [1.165, 1.54) is 14.2 Å². The van der Waals surface area contributed by atoms with Crippen molar-refractivity contribution in [3.8, 4) is 11.5 Å². The van der Waals surface area contributed by atoms with Crippen LogP contribution in [0.3, 0.4) is 0 Å². The fourth-order valence-corrected chi connectivity index (χ4v) is 1.86. The van der Waals surface area contributed by atoms with Crippen molar-refractivity contribution in [3.63, 3.8) is 0 Å². The Bertz CT molecular complexity index is 463. The second-order valence-corrected chi connectivity index (χ2v) is 4.48. The first-order valence-corrected chi connectivity index (χ1v) is 6.92. The van der Waals surface area contributed by atoms with Gasteiger partial charge in [-0.2, -0.15) is 0 Å². The SMILES string of the molecule is COc1ccc(CCNC(=O)NCC(OC)OC)cc1OC. The van der Waals surface area contributed by atoms with Crippen LogP contribution in [0.1, 0.15) is 5.56 Å². The van der Waals surface area contributed by atoms with Crippen LogP contribution in [0.25, 0.3) is 0 Å². The highest BCUT2D eigenvalue weighted by atomic mass is 16.7. The molecule has 0 spiro atoms. The van der Waals surface area contributed by atoms with Crippen LogP contribution in [0.2, 0.25) is 0 Å². The van der Waals surface area contributed by atoms with E-state index in [4.69, 9.17) is 18.9 Å². The van der Waals surface area contributed by atoms with Crippen molar-refractivity contribution < 1.29 is 23.7 Å². The lowest BCUT2D eigenvalue weighted by atomic mass is 10.1. The summed E-state index contributed by atoms with van der Waals surface area (Å²) in [6.45, 7) is 0.793. The summed E-state index contributed by atoms with van der Waals surface area (Å²) in [5.41, 5.74) is 1.05. The Labute approximate surface area is 130 Å². The molecule has 0 saturated heterocycles. The number of methoxy groups -OCH3 is 4. The lowest BCUT2D eigenvalue weighted by Gasteiger charge is -2.14. The van der Waals surface area contributed by atoms with Crippen molar-refractivity contribution in [2.75, 3.05) is 41.5 Å². The molecular weight excluding hydrogens is 288 g/mol. The largest absolute Gasteiger partial charge is 0.493 e. The molecule has 7 nitrogen and oxygen atoms in total. The van der Waals surface area contributed by atoms with Gasteiger partial charge in [0.2, 0.25) is 0 Å². The average Bonchev–Trinajstić information content (AvgIpc) is 2.55. The smallest absolute Gasteiger partial charge is 0.314 e. The molecular formula is C15H24N2O5. The van der Waals surface area contributed by atoms with Crippen LogP contribution in [0.4, 0.5) is 4.79 Å². The summed E-state index contributed by atoms with van der Waals surface area (Å²) in [4.78, 5) is 11.6. The Morgan fingerprint density at radius 3 is 2.32 bits per heavy atom. The summed E-state index contributed by atoms with van der Waals surface area (Å²) in [5, 5.41) is 5.43. The minimum Gasteiger partial charge on any atom is -0.493 e. The van der Waals surface area contributed by atoms with Gasteiger partial charge in [-0.15, -0.1) is 0 Å². The van der Waals surface area contributed by atoms with E-state index < -0.39 is 6.29 Å². The Morgan fingerprint density at radius 1 is 1.05 bits per heavy atom. The number of carbonyl (C=O) groups excluding carboxylic acids is 1. The van der Waals surface area contributed by atoms with Gasteiger partial charge < -0.3 is 29.6 Å². The van der Waals surface area contributed by atoms with Crippen LogP contribution in [-0.2, 0) is 15.9 Å². The molecule has 22 heavy (non-hydrogen) atoms. The summed E-state index contributed by atoms with van der Waals surface area (Å²) in [6.07, 6.45) is 0.239. The lowest BCUT2D eigenvalue weighted by Crippen LogP contribution is -2.41. The highest BCUT2D eigenvalue weighted by Crippen LogP contribution is 2.27. The van der Waals surface area contributed by atoms with Gasteiger partial charge in [-0.25, -0.2) is 4.79 Å². The van der Waals surface area contributed by atoms with Gasteiger partial charge in [-0.05, 0) is 24.1 Å². The molecule has 1 aromatic rings. The molecule has 2 N–H and O–H groups in total. The van der Waals surface area contributed by atoms with E-state index in [1.54, 1.807) is 14.2 Å². The van der Waals surface area contributed by atoms with Gasteiger partial charge in [-0.1, -0.05) is 6.07 Å². The first kappa shape index (κ1) is 18.1. The summed E-state index contributed by atoms with van der Waals surface area (Å²) < 4.78 is 20.4. The maximum atomic E-state index is 11.6. The first-order valence-electron chi connectivity index (χ1n) is 6.92. The van der Waals surface area contributed by atoms with Crippen molar-refractivity contribution in [2.24, 2.45) is 0 Å². The number of urea groups is 1. The molecule has 0 atom stereocenters. The van der Waals surface area contributed by atoms with Crippen molar-refractivity contribution >= 4 is 6.03 Å². The van der Waals surface area contributed by atoms with E-state index in [-0.39, 0.29) is 12.6 Å². The minimum absolute atomic E-state index is 0.264. The van der Waals surface area contributed by atoms with E-state index in [1.807, 2.05) is 18.2 Å². The second kappa shape index (κ2) is 9.86. The van der Waals surface area contributed by atoms with Gasteiger partial charge >= 0.3 is 6.03 Å². The molecule has 0 saturated carbocycles. The van der Waals surface area contributed by atoms with Crippen molar-refractivity contribution in [1.82, 2.24) is 10.6 Å². The molecule has 0 heterocycles. The lowest BCUT2D eigenvalue weighted by molar-refractivity contribution is -0.0971. The zero-order chi connectivity index (χ0) is 16.4. The molecule has 0 aliphatic heterocycles. The molecule has 0 fully saturated rings. The van der Waals surface area contributed by atoms with E-state index >= 15 is 0 Å². The summed E-state index contributed by atoms with van der Waals surface area (Å²) in [7, 11) is 6.22. The number of benzene rings is 1. The molecule has 0 aliphatic carbocycles. The predicted octanol–water partition coefficient (Wildman–Crippen LogP) is 1.16. The zero-order valence-corrected chi connectivity index (χ0v) is 13.5. The van der Waals surface area contributed by atoms with Crippen molar-refractivity contribution in [3.05, 3.63) is 23.8 Å². The minimum atomic E-state index is -0.448. The van der Waals surface area contributed by atoms with E-state index in [0.717, 1.165) is 5.56 Å². The van der Waals surface area contributed by atoms with Crippen LogP contribution in [-0.4, -0.2) is 53.8 Å². The highest BCUT2D eigenvalue weighted by molar-refractivity contribution is 5.73. The topological polar surface area (TPSA) is 78.1 Å². The Morgan fingerprint density at radius 2 is 1.73 bits per heavy atom. The number of hydrogen-bond donors (Lipinski definition) is 2. The Hall–Kier alpha value is -1.99. The Kier molecular flexibility index (Phi) is 8.09. The number of rotatable bonds is 9. The van der Waals surface area contributed by atoms with Gasteiger partial charge in [0, 0.05) is 20.8 Å². The van der Waals surface area contributed by atoms with E-state index in [2.05, 4.69) is 10.6 Å². The molecule has 1 rings (SSSR count). The third kappa shape index (κ3) is 5.79. The van der Waals surface area contributed by atoms with Crippen LogP contribution >= 0.6 is 0 Å². The van der Waals surface area contributed by atoms with Gasteiger partial charge in [0.1, 0.15) is 0 Å². The monoisotopic (exact) mass is 312 g/mol. The fraction of sp³-hybridized carbons (Fsp3) is 0.533. The van der Waals surface area contributed by atoms with Crippen LogP contribution in [0.5, 0.6) is 11.5 Å². The quantitative estimate of drug-likeness (QED) is 0.669. The maximum Gasteiger partial charge on any atom is 0.314 e. The molecule has 0 unspecified atom stereocenters. The molecule has 0 bridgehead atoms. The third-order valence-corrected chi connectivity index (χ3v) is 3.10. The summed E-state index contributed by atoms with van der Waals surface area (Å²) >= 11 is 0. The summed E-state index contributed by atoms with van der Waals surface area (Å²) in [6, 6.07) is 5.41. The number of carbonyl (C=O) groups is 1. The number of nitrogens with one attached hydrogen (secondary N) is 2. The van der Waals surface area contributed by atoms with Crippen LogP contribution < -0.4 is 20.1 Å². The molecule has 2 amide bonds. The summed E-state index contributed by atoms with van der Waals surface area (Å²) in [5.74, 6) is 1.36. The van der Waals surface area contributed by atoms with Gasteiger partial charge in [0.25, 0.3) is 0 Å². The number of amides is 2. The molecule has 0 aromatic heterocycles. The molecule has 1 aromatic carbocycles. The highest BCUT2D eigenvalue weighted by Gasteiger charge is 2.08. The fourth-order valence-electron chi connectivity index (χ4n) is 1.86. The van der Waals surface area contributed by atoms with Crippen molar-refractivity contribution in [2.45, 2.75) is 12.7 Å². The number of ether oxygens (including phenoxy) is 4. The Balaban J connectivity index is 2.36. The van der Waals surface area contributed by atoms with E-state index in [9.17, 15) is 4.79 Å². The van der Waals surface area contributed by atoms with Gasteiger partial charge in [0.15, 0.2) is 17.8 Å².